The minimum atomic E-state index is -4.33. The molecule has 0 saturated carbocycles. The fourth-order valence-corrected chi connectivity index (χ4v) is 10.1. The molecule has 0 radical (unpaired) electrons. The van der Waals surface area contributed by atoms with Gasteiger partial charge in [0.15, 0.2) is 0 Å². The molecule has 1 aromatic heterocycles. The Bertz CT molecular complexity index is 1170. The molecule has 1 aliphatic carbocycles. The first-order chi connectivity index (χ1) is 16.3. The molecule has 0 unspecified atom stereocenters. The van der Waals surface area contributed by atoms with Gasteiger partial charge in [0.1, 0.15) is 0 Å². The molecule has 1 aromatic carbocycles. The fraction of sp³-hybridized carbons (Fsp3) is 0.480. The van der Waals surface area contributed by atoms with E-state index in [1.165, 1.54) is 5.57 Å². The van der Waals surface area contributed by atoms with Gasteiger partial charge < -0.3 is 0 Å². The normalized spacial score (nSPS) is 24.2. The number of hydrogen-bond donors (Lipinski definition) is 1. The van der Waals surface area contributed by atoms with Gasteiger partial charge in [0.2, 0.25) is 0 Å². The van der Waals surface area contributed by atoms with Crippen molar-refractivity contribution in [1.29, 1.82) is 0 Å². The number of alkyl halides is 4. The van der Waals surface area contributed by atoms with E-state index in [0.717, 1.165) is 66.1 Å². The van der Waals surface area contributed by atoms with Gasteiger partial charge in [0, 0.05) is 0 Å². The summed E-state index contributed by atoms with van der Waals surface area (Å²) in [4.78, 5) is 21.0. The Morgan fingerprint density at radius 3 is 2.62 bits per heavy atom. The predicted molar refractivity (Wildman–Crippen MR) is 133 cm³/mol. The molecule has 0 spiro atoms. The zero-order valence-corrected chi connectivity index (χ0v) is 21.0. The van der Waals surface area contributed by atoms with Crippen molar-refractivity contribution in [2.45, 2.75) is 55.0 Å². The van der Waals surface area contributed by atoms with E-state index < -0.39 is 31.8 Å². The predicted octanol–water partition coefficient (Wildman–Crippen LogP) is 5.67. The Balaban J connectivity index is 1.35. The van der Waals surface area contributed by atoms with Crippen LogP contribution in [0.3, 0.4) is 0 Å². The maximum atomic E-state index is 12.9. The van der Waals surface area contributed by atoms with Crippen LogP contribution in [0, 0.1) is 9.62 Å². The van der Waals surface area contributed by atoms with Crippen molar-refractivity contribution in [3.05, 3.63) is 72.5 Å². The molecule has 0 bridgehead atoms. The molecule has 9 heteroatoms. The summed E-state index contributed by atoms with van der Waals surface area (Å²) in [7, 11) is 0. The van der Waals surface area contributed by atoms with Gasteiger partial charge in [-0.3, -0.25) is 0 Å². The summed E-state index contributed by atoms with van der Waals surface area (Å²) < 4.78 is 50.3. The van der Waals surface area contributed by atoms with Crippen LogP contribution >= 0.6 is 20.1 Å². The van der Waals surface area contributed by atoms with Gasteiger partial charge in [0.25, 0.3) is 0 Å². The van der Waals surface area contributed by atoms with E-state index in [1.807, 2.05) is 0 Å². The van der Waals surface area contributed by atoms with Gasteiger partial charge in [-0.25, -0.2) is 0 Å². The number of ether oxygens (including phenoxy) is 1. The van der Waals surface area contributed by atoms with Gasteiger partial charge in [-0.1, -0.05) is 0 Å². The van der Waals surface area contributed by atoms with Crippen LogP contribution in [0.25, 0.3) is 0 Å². The third kappa shape index (κ3) is 4.86. The first-order valence-corrected chi connectivity index (χ1v) is 14.9. The third-order valence-corrected chi connectivity index (χ3v) is 12.5. The van der Waals surface area contributed by atoms with Gasteiger partial charge >= 0.3 is 191 Å². The second kappa shape index (κ2) is 9.56. The summed E-state index contributed by atoms with van der Waals surface area (Å²) >= 11 is -1.94. The summed E-state index contributed by atoms with van der Waals surface area (Å²) in [5.74, 6) is 1.11. The maximum absolute atomic E-state index is 12.9. The van der Waals surface area contributed by atoms with Crippen molar-refractivity contribution in [2.24, 2.45) is 9.12 Å². The quantitative estimate of drug-likeness (QED) is 0.218. The molecule has 1 N–H and O–H groups in total. The molecule has 2 aliphatic heterocycles. The molecule has 3 aliphatic rings. The standard InChI is InChI=1S/C25H27F3IN3O2/c1-15-2-3-17(12-16-4-6-18(7-5-16)25(26,27)28)13-20(15)23-31-22-21(24(33)32-23)14-30-29(22)19-8-10-34-11-9-19/h3-7,14-15,19-20H,2,8-13H2,1H3,(H,31,32,33)/t15-,20-/m1/s1. The van der Waals surface area contributed by atoms with Crippen LogP contribution < -0.4 is 5.56 Å². The van der Waals surface area contributed by atoms with Crippen LogP contribution in [0.15, 0.2) is 43.9 Å². The number of rotatable bonds is 4. The number of allylic oxidation sites excluding steroid dienone is 2. The fourth-order valence-electron chi connectivity index (χ4n) is 4.82. The first kappa shape index (κ1) is 23.7. The van der Waals surface area contributed by atoms with Crippen molar-refractivity contribution in [3.8, 4) is 0 Å². The number of H-pyrrole nitrogens is 1. The Kier molecular flexibility index (Phi) is 6.67. The topological polar surface area (TPSA) is 67.3 Å². The van der Waals surface area contributed by atoms with E-state index in [2.05, 4.69) is 18.0 Å². The number of aromatic amines is 1. The van der Waals surface area contributed by atoms with Gasteiger partial charge in [-0.2, -0.15) is 13.2 Å². The average Bonchev–Trinajstić information content (AvgIpc) is 3.25. The second-order valence-electron chi connectivity index (χ2n) is 9.22. The molecule has 1 saturated heterocycles. The molecule has 182 valence electrons. The third-order valence-electron chi connectivity index (χ3n) is 6.85. The van der Waals surface area contributed by atoms with E-state index in [1.54, 1.807) is 18.3 Å². The van der Waals surface area contributed by atoms with Crippen molar-refractivity contribution < 1.29 is 17.9 Å². The van der Waals surface area contributed by atoms with Crippen molar-refractivity contribution >= 4 is 26.3 Å². The molecule has 5 rings (SSSR count). The van der Waals surface area contributed by atoms with E-state index in [0.29, 0.717) is 21.8 Å². The van der Waals surface area contributed by atoms with E-state index >= 15 is 0 Å². The summed E-state index contributed by atoms with van der Waals surface area (Å²) in [5, 5.41) is 0. The van der Waals surface area contributed by atoms with Crippen molar-refractivity contribution in [2.75, 3.05) is 13.2 Å². The average molecular weight is 585 g/mol. The molecule has 34 heavy (non-hydrogen) atoms. The molecule has 2 aromatic rings. The SMILES string of the molecule is C[C@@H]1CC=C(Cc2ccc(C(F)(F)F)cc2)C[C@H]1c1nc2c(c(=O)[nH]1)C=NI2C1CCOCC1. The number of nitrogens with one attached hydrogen (secondary N) is 1. The van der Waals surface area contributed by atoms with Crippen LogP contribution in [-0.4, -0.2) is 33.3 Å². The Labute approximate surface area is 203 Å². The van der Waals surface area contributed by atoms with Crippen LogP contribution in [0.4, 0.5) is 13.2 Å². The molecular formula is C25H27F3IN3O2. The van der Waals surface area contributed by atoms with Crippen LogP contribution in [0.2, 0.25) is 0 Å². The molecular weight excluding hydrogens is 558 g/mol. The van der Waals surface area contributed by atoms with E-state index in [9.17, 15) is 18.0 Å². The number of fused-ring (bicyclic) bond motifs is 1. The summed E-state index contributed by atoms with van der Waals surface area (Å²) in [6.45, 7) is 3.66. The summed E-state index contributed by atoms with van der Waals surface area (Å²) in [5.41, 5.74) is 1.91. The molecule has 0 amide bonds. The Morgan fingerprint density at radius 1 is 1.18 bits per heavy atom. The van der Waals surface area contributed by atoms with Crippen molar-refractivity contribution in [3.63, 3.8) is 0 Å². The van der Waals surface area contributed by atoms with Gasteiger partial charge in [-0.05, 0) is 0 Å². The van der Waals surface area contributed by atoms with Gasteiger partial charge in [-0.15, -0.1) is 0 Å². The monoisotopic (exact) mass is 585 g/mol. The summed E-state index contributed by atoms with van der Waals surface area (Å²) in [6.07, 6.45) is 3.72. The van der Waals surface area contributed by atoms with E-state index in [-0.39, 0.29) is 11.5 Å². The summed E-state index contributed by atoms with van der Waals surface area (Å²) in [6, 6.07) is 5.38. The second-order valence-corrected chi connectivity index (χ2v) is 14.2. The number of aromatic nitrogens is 2. The Morgan fingerprint density at radius 2 is 1.91 bits per heavy atom. The van der Waals surface area contributed by atoms with Crippen LogP contribution in [-0.2, 0) is 17.3 Å². The van der Waals surface area contributed by atoms with Crippen LogP contribution in [0.5, 0.6) is 0 Å². The first-order valence-electron chi connectivity index (χ1n) is 11.6. The zero-order chi connectivity index (χ0) is 23.9. The molecule has 2 atom stereocenters. The molecule has 5 nitrogen and oxygen atoms in total. The molecule has 1 fully saturated rings. The number of halogens is 4. The van der Waals surface area contributed by atoms with Gasteiger partial charge in [0.05, 0.1) is 0 Å². The zero-order valence-electron chi connectivity index (χ0n) is 18.9. The minimum absolute atomic E-state index is 0.0699. The number of nitrogens with zero attached hydrogens (tertiary/aromatic N) is 2. The number of hydrogen-bond acceptors (Lipinski definition) is 4. The molecule has 3 heterocycles. The van der Waals surface area contributed by atoms with E-state index in [4.69, 9.17) is 12.9 Å². The number of benzene rings is 1. The Hall–Kier alpha value is -2.01. The van der Waals surface area contributed by atoms with Crippen LogP contribution in [0.1, 0.15) is 61.0 Å². The van der Waals surface area contributed by atoms with Crippen molar-refractivity contribution in [1.82, 2.24) is 9.97 Å².